The molecule has 0 saturated heterocycles. The number of halogens is 3. The Labute approximate surface area is 159 Å². The van der Waals surface area contributed by atoms with E-state index in [-0.39, 0.29) is 6.42 Å². The Hall–Kier alpha value is -3.28. The van der Waals surface area contributed by atoms with Gasteiger partial charge in [-0.15, -0.1) is 0 Å². The van der Waals surface area contributed by atoms with Gasteiger partial charge in [0.2, 0.25) is 0 Å². The number of nitrogen functional groups attached to an aromatic ring is 1. The van der Waals surface area contributed by atoms with Gasteiger partial charge in [-0.1, -0.05) is 42.5 Å². The molecule has 0 radical (unpaired) electrons. The first-order chi connectivity index (χ1) is 13.3. The predicted octanol–water partition coefficient (Wildman–Crippen LogP) is 5.41. The van der Waals surface area contributed by atoms with Crippen molar-refractivity contribution in [2.45, 2.75) is 18.7 Å². The fraction of sp³-hybridized carbons (Fsp3) is 0.136. The highest BCUT2D eigenvalue weighted by molar-refractivity contribution is 5.95. The van der Waals surface area contributed by atoms with Gasteiger partial charge >= 0.3 is 12.1 Å². The molecular weight excluding hydrogens is 367 g/mol. The topological polar surface area (TPSA) is 52.3 Å². The van der Waals surface area contributed by atoms with Crippen LogP contribution in [-0.2, 0) is 17.3 Å². The number of cyclic esters (lactones) is 1. The summed E-state index contributed by atoms with van der Waals surface area (Å²) in [5, 5.41) is 0. The summed E-state index contributed by atoms with van der Waals surface area (Å²) in [5.74, 6) is -0.472. The average Bonchev–Trinajstić information content (AvgIpc) is 2.97. The van der Waals surface area contributed by atoms with Crippen molar-refractivity contribution in [1.29, 1.82) is 0 Å². The summed E-state index contributed by atoms with van der Waals surface area (Å²) in [7, 11) is 0. The van der Waals surface area contributed by atoms with Crippen LogP contribution in [0, 0.1) is 0 Å². The molecule has 0 saturated carbocycles. The van der Waals surface area contributed by atoms with Crippen LogP contribution in [0.3, 0.4) is 0 Å². The van der Waals surface area contributed by atoms with Crippen LogP contribution in [0.4, 0.5) is 18.9 Å². The average molecular weight is 383 g/mol. The molecule has 0 aromatic heterocycles. The van der Waals surface area contributed by atoms with Gasteiger partial charge in [-0.25, -0.2) is 4.79 Å². The first kappa shape index (κ1) is 18.1. The third kappa shape index (κ3) is 3.33. The number of fused-ring (bicyclic) bond motifs is 1. The van der Waals surface area contributed by atoms with Crippen LogP contribution in [-0.4, -0.2) is 5.97 Å². The van der Waals surface area contributed by atoms with Crippen molar-refractivity contribution in [3.8, 4) is 11.1 Å². The van der Waals surface area contributed by atoms with Gasteiger partial charge in [-0.2, -0.15) is 13.2 Å². The van der Waals surface area contributed by atoms with E-state index in [4.69, 9.17) is 10.5 Å². The van der Waals surface area contributed by atoms with Crippen molar-refractivity contribution >= 4 is 11.7 Å². The van der Waals surface area contributed by atoms with Crippen molar-refractivity contribution in [2.75, 3.05) is 5.73 Å². The van der Waals surface area contributed by atoms with E-state index < -0.39 is 23.8 Å². The first-order valence-corrected chi connectivity index (χ1v) is 8.69. The van der Waals surface area contributed by atoms with E-state index in [1.54, 1.807) is 48.5 Å². The van der Waals surface area contributed by atoms with E-state index in [1.165, 1.54) is 6.07 Å². The van der Waals surface area contributed by atoms with Crippen molar-refractivity contribution in [3.05, 3.63) is 89.0 Å². The second kappa shape index (κ2) is 6.71. The van der Waals surface area contributed by atoms with Crippen LogP contribution in [0.2, 0.25) is 0 Å². The molecule has 3 aromatic rings. The zero-order valence-electron chi connectivity index (χ0n) is 14.7. The molecular formula is C22H16F3NO2. The number of alkyl halides is 3. The largest absolute Gasteiger partial charge is 0.454 e. The van der Waals surface area contributed by atoms with Gasteiger partial charge in [-0.3, -0.25) is 0 Å². The standard InChI is InChI=1S/C22H16F3NO2/c23-22(24,25)15-7-6-14(18(11-15)13-4-2-1-3-5-13)10-20-17-9-8-16(26)12-19(17)21(27)28-20/h1-9,11-12,20H,10,26H2. The maximum absolute atomic E-state index is 13.2. The number of carbonyl (C=O) groups is 1. The molecule has 1 aliphatic rings. The Balaban J connectivity index is 1.76. The number of hydrogen-bond donors (Lipinski definition) is 1. The third-order valence-corrected chi connectivity index (χ3v) is 4.82. The molecule has 1 heterocycles. The molecule has 2 N–H and O–H groups in total. The lowest BCUT2D eigenvalue weighted by Gasteiger charge is -2.17. The summed E-state index contributed by atoms with van der Waals surface area (Å²) in [6.07, 6.45) is -4.74. The lowest BCUT2D eigenvalue weighted by Crippen LogP contribution is -2.08. The van der Waals surface area contributed by atoms with Gasteiger partial charge in [0.05, 0.1) is 11.1 Å². The van der Waals surface area contributed by atoms with E-state index in [0.717, 1.165) is 12.1 Å². The molecule has 6 heteroatoms. The molecule has 0 aliphatic carbocycles. The lowest BCUT2D eigenvalue weighted by atomic mass is 9.91. The summed E-state index contributed by atoms with van der Waals surface area (Å²) in [4.78, 5) is 12.1. The summed E-state index contributed by atoms with van der Waals surface area (Å²) >= 11 is 0. The molecule has 1 aliphatic heterocycles. The van der Waals surface area contributed by atoms with E-state index in [0.29, 0.717) is 33.5 Å². The molecule has 3 nitrogen and oxygen atoms in total. The van der Waals surface area contributed by atoms with Gasteiger partial charge in [0.15, 0.2) is 0 Å². The summed E-state index contributed by atoms with van der Waals surface area (Å²) < 4.78 is 45.1. The minimum atomic E-state index is -4.44. The summed E-state index contributed by atoms with van der Waals surface area (Å²) in [6, 6.07) is 17.5. The number of benzene rings is 3. The minimum absolute atomic E-state index is 0.269. The van der Waals surface area contributed by atoms with Crippen LogP contribution in [0.25, 0.3) is 11.1 Å². The van der Waals surface area contributed by atoms with Crippen molar-refractivity contribution in [2.24, 2.45) is 0 Å². The van der Waals surface area contributed by atoms with Crippen LogP contribution in [0.5, 0.6) is 0 Å². The maximum Gasteiger partial charge on any atom is 0.416 e. The van der Waals surface area contributed by atoms with E-state index in [2.05, 4.69) is 0 Å². The van der Waals surface area contributed by atoms with Gasteiger partial charge in [-0.05, 0) is 41.0 Å². The van der Waals surface area contributed by atoms with E-state index in [1.807, 2.05) is 0 Å². The molecule has 0 fully saturated rings. The second-order valence-electron chi connectivity index (χ2n) is 6.68. The Morgan fingerprint density at radius 3 is 2.39 bits per heavy atom. The highest BCUT2D eigenvalue weighted by atomic mass is 19.4. The SMILES string of the molecule is Nc1ccc2c(c1)C(=O)OC2Cc1ccc(C(F)(F)F)cc1-c1ccccc1. The Morgan fingerprint density at radius 2 is 1.68 bits per heavy atom. The molecule has 28 heavy (non-hydrogen) atoms. The fourth-order valence-corrected chi connectivity index (χ4v) is 3.46. The van der Waals surface area contributed by atoms with E-state index in [9.17, 15) is 18.0 Å². The molecule has 1 atom stereocenters. The number of carbonyl (C=O) groups excluding carboxylic acids is 1. The van der Waals surface area contributed by atoms with Crippen molar-refractivity contribution < 1.29 is 22.7 Å². The quantitative estimate of drug-likeness (QED) is 0.486. The van der Waals surface area contributed by atoms with Gasteiger partial charge < -0.3 is 10.5 Å². The predicted molar refractivity (Wildman–Crippen MR) is 99.6 cm³/mol. The van der Waals surface area contributed by atoms with Gasteiger partial charge in [0, 0.05) is 17.7 Å². The number of ether oxygens (including phenoxy) is 1. The molecule has 1 unspecified atom stereocenters. The zero-order valence-corrected chi connectivity index (χ0v) is 14.7. The molecule has 4 rings (SSSR count). The minimum Gasteiger partial charge on any atom is -0.454 e. The van der Waals surface area contributed by atoms with Crippen LogP contribution in [0.15, 0.2) is 66.7 Å². The van der Waals surface area contributed by atoms with Crippen molar-refractivity contribution in [1.82, 2.24) is 0 Å². The number of nitrogens with two attached hydrogens (primary N) is 1. The first-order valence-electron chi connectivity index (χ1n) is 8.69. The van der Waals surface area contributed by atoms with Gasteiger partial charge in [0.1, 0.15) is 6.10 Å². The highest BCUT2D eigenvalue weighted by Gasteiger charge is 2.34. The molecule has 0 spiro atoms. The number of esters is 1. The maximum atomic E-state index is 13.2. The second-order valence-corrected chi connectivity index (χ2v) is 6.68. The van der Waals surface area contributed by atoms with Crippen LogP contribution >= 0.6 is 0 Å². The molecule has 142 valence electrons. The zero-order chi connectivity index (χ0) is 19.9. The molecule has 3 aromatic carbocycles. The van der Waals surface area contributed by atoms with Crippen LogP contribution < -0.4 is 5.73 Å². The monoisotopic (exact) mass is 383 g/mol. The number of rotatable bonds is 3. The molecule has 0 amide bonds. The van der Waals surface area contributed by atoms with Gasteiger partial charge in [0.25, 0.3) is 0 Å². The molecule has 0 bridgehead atoms. The lowest BCUT2D eigenvalue weighted by molar-refractivity contribution is -0.137. The normalized spacial score (nSPS) is 16.0. The highest BCUT2D eigenvalue weighted by Crippen LogP contribution is 2.39. The number of hydrogen-bond acceptors (Lipinski definition) is 3. The summed E-state index contributed by atoms with van der Waals surface area (Å²) in [6.45, 7) is 0. The Morgan fingerprint density at radius 1 is 0.929 bits per heavy atom. The summed E-state index contributed by atoms with van der Waals surface area (Å²) in [5.41, 5.74) is 8.37. The third-order valence-electron chi connectivity index (χ3n) is 4.82. The Kier molecular flexibility index (Phi) is 4.34. The van der Waals surface area contributed by atoms with E-state index >= 15 is 0 Å². The van der Waals surface area contributed by atoms with Crippen molar-refractivity contribution in [3.63, 3.8) is 0 Å². The fourth-order valence-electron chi connectivity index (χ4n) is 3.46. The van der Waals surface area contributed by atoms with Crippen LogP contribution in [0.1, 0.15) is 33.2 Å². The Bertz CT molecular complexity index is 1050. The number of anilines is 1. The smallest absolute Gasteiger partial charge is 0.416 e.